The number of benzene rings is 9. The summed E-state index contributed by atoms with van der Waals surface area (Å²) in [5.41, 5.74) is 7.82. The molecule has 3 aromatic heterocycles. The summed E-state index contributed by atoms with van der Waals surface area (Å²) in [6.07, 6.45) is 6.14. The fourth-order valence-electron chi connectivity index (χ4n) is 9.38. The number of pyridine rings is 1. The SMILES string of the molecule is [2H]c1c([2H])c([2H])c(-c2cccc(-c3c([2H])c([2H])c([2H])c([2H])c3[2H])c2-[n+]2[c-]n(-c3[c-]c(Oc4[c-]c5c(cc4)c4ccccc4n5-c4cc(CC(C)(C)c5ccccc5)c(-c5ccccc5)cn4)ccc3)c3ccccc32)c([2H])c1[2H].[Pt]. The van der Waals surface area contributed by atoms with Crippen LogP contribution in [0, 0.1) is 18.5 Å². The molecule has 0 amide bonds. The summed E-state index contributed by atoms with van der Waals surface area (Å²) in [4.78, 5) is 5.16. The van der Waals surface area contributed by atoms with E-state index in [2.05, 4.69) is 91.5 Å². The van der Waals surface area contributed by atoms with Gasteiger partial charge in [-0.3, -0.25) is 4.57 Å². The smallest absolute Gasteiger partial charge is 0.268 e. The maximum atomic E-state index is 9.05. The summed E-state index contributed by atoms with van der Waals surface area (Å²) in [5.74, 6) is 1.50. The van der Waals surface area contributed by atoms with Gasteiger partial charge in [-0.1, -0.05) is 201 Å². The zero-order valence-electron chi connectivity index (χ0n) is 47.9. The Balaban J connectivity index is 0.00000675. The molecular formula is C64H46N4OPt-2. The van der Waals surface area contributed by atoms with Crippen molar-refractivity contribution in [2.24, 2.45) is 0 Å². The van der Waals surface area contributed by atoms with Gasteiger partial charge in [-0.05, 0) is 74.0 Å². The fraction of sp³-hybridized carbons (Fsp3) is 0.0625. The first-order chi connectivity index (χ1) is 38.1. The van der Waals surface area contributed by atoms with Crippen molar-refractivity contribution < 1.29 is 44.1 Å². The number of ether oxygens (including phenoxy) is 1. The maximum Gasteiger partial charge on any atom is 0.268 e. The van der Waals surface area contributed by atoms with Gasteiger partial charge in [0.2, 0.25) is 0 Å². The fourth-order valence-corrected chi connectivity index (χ4v) is 9.38. The van der Waals surface area contributed by atoms with Gasteiger partial charge in [0.1, 0.15) is 5.82 Å². The molecule has 3 heterocycles. The Hall–Kier alpha value is -8.11. The molecule has 70 heavy (non-hydrogen) atoms. The molecule has 0 saturated carbocycles. The van der Waals surface area contributed by atoms with Crippen LogP contribution in [0.3, 0.4) is 0 Å². The molecule has 12 rings (SSSR count). The second-order valence-electron chi connectivity index (χ2n) is 17.4. The molecule has 0 N–H and O–H groups in total. The number of fused-ring (bicyclic) bond motifs is 4. The minimum Gasteiger partial charge on any atom is -0.510 e. The maximum absolute atomic E-state index is 9.05. The van der Waals surface area contributed by atoms with Crippen molar-refractivity contribution in [1.29, 1.82) is 0 Å². The first-order valence-corrected chi connectivity index (χ1v) is 22.6. The molecule has 0 spiro atoms. The average molecular weight is 1090 g/mol. The van der Waals surface area contributed by atoms with Crippen molar-refractivity contribution in [1.82, 2.24) is 14.1 Å². The van der Waals surface area contributed by atoms with Gasteiger partial charge in [0.15, 0.2) is 0 Å². The van der Waals surface area contributed by atoms with Crippen LogP contribution < -0.4 is 9.30 Å². The first-order valence-electron chi connectivity index (χ1n) is 27.6. The van der Waals surface area contributed by atoms with Gasteiger partial charge in [0.25, 0.3) is 6.33 Å². The van der Waals surface area contributed by atoms with Crippen LogP contribution in [0.25, 0.3) is 83.4 Å². The molecule has 0 aliphatic heterocycles. The second-order valence-corrected chi connectivity index (χ2v) is 17.4. The quantitative estimate of drug-likeness (QED) is 0.0956. The average Bonchev–Trinajstić information content (AvgIpc) is 4.21. The molecule has 6 heteroatoms. The predicted octanol–water partition coefficient (Wildman–Crippen LogP) is 15.1. The number of aromatic nitrogens is 4. The van der Waals surface area contributed by atoms with Crippen LogP contribution in [0.15, 0.2) is 230 Å². The number of hydrogen-bond acceptors (Lipinski definition) is 2. The second kappa shape index (κ2) is 18.8. The Labute approximate surface area is 436 Å². The van der Waals surface area contributed by atoms with Crippen molar-refractivity contribution in [3.05, 3.63) is 260 Å². The number of rotatable bonds is 11. The minimum absolute atomic E-state index is 0. The van der Waals surface area contributed by atoms with Gasteiger partial charge in [0.05, 0.1) is 30.4 Å². The largest absolute Gasteiger partial charge is 0.510 e. The molecule has 0 aliphatic rings. The number of imidazole rings is 1. The van der Waals surface area contributed by atoms with E-state index in [0.717, 1.165) is 50.7 Å². The van der Waals surface area contributed by atoms with Crippen molar-refractivity contribution >= 4 is 32.8 Å². The van der Waals surface area contributed by atoms with E-state index >= 15 is 0 Å². The molecular weight excluding hydrogens is 1040 g/mol. The van der Waals surface area contributed by atoms with E-state index in [1.807, 2.05) is 91.1 Å². The van der Waals surface area contributed by atoms with E-state index in [-0.39, 0.29) is 54.4 Å². The third-order valence-electron chi connectivity index (χ3n) is 12.6. The van der Waals surface area contributed by atoms with Gasteiger partial charge < -0.3 is 13.9 Å². The zero-order chi connectivity index (χ0) is 55.0. The van der Waals surface area contributed by atoms with Gasteiger partial charge in [-0.2, -0.15) is 18.2 Å². The third-order valence-corrected chi connectivity index (χ3v) is 12.6. The first kappa shape index (κ1) is 34.2. The summed E-state index contributed by atoms with van der Waals surface area (Å²) in [7, 11) is 0. The van der Waals surface area contributed by atoms with Gasteiger partial charge in [-0.15, -0.1) is 29.7 Å². The monoisotopic (exact) mass is 1090 g/mol. The van der Waals surface area contributed by atoms with Crippen LogP contribution in [0.4, 0.5) is 0 Å². The van der Waals surface area contributed by atoms with Crippen LogP contribution in [0.2, 0.25) is 0 Å². The van der Waals surface area contributed by atoms with Crippen LogP contribution in [0.5, 0.6) is 11.5 Å². The summed E-state index contributed by atoms with van der Waals surface area (Å²) < 4.78 is 99.5. The summed E-state index contributed by atoms with van der Waals surface area (Å²) in [5, 5.41) is 1.99. The summed E-state index contributed by atoms with van der Waals surface area (Å²) in [6, 6.07) is 54.4. The molecule has 5 nitrogen and oxygen atoms in total. The Morgan fingerprint density at radius 1 is 0.586 bits per heavy atom. The summed E-state index contributed by atoms with van der Waals surface area (Å²) >= 11 is 0. The Bertz CT molecular complexity index is 4280. The molecule has 12 aromatic rings. The Morgan fingerprint density at radius 2 is 1.21 bits per heavy atom. The molecule has 0 saturated heterocycles. The third kappa shape index (κ3) is 8.23. The molecule has 0 radical (unpaired) electrons. The number of para-hydroxylation sites is 4. The van der Waals surface area contributed by atoms with Crippen LogP contribution in [-0.4, -0.2) is 14.1 Å². The van der Waals surface area contributed by atoms with Crippen molar-refractivity contribution in [2.75, 3.05) is 0 Å². The van der Waals surface area contributed by atoms with E-state index in [1.54, 1.807) is 33.4 Å². The van der Waals surface area contributed by atoms with Gasteiger partial charge in [-0.25, -0.2) is 4.98 Å². The predicted molar refractivity (Wildman–Crippen MR) is 279 cm³/mol. The van der Waals surface area contributed by atoms with E-state index in [1.165, 1.54) is 5.56 Å². The van der Waals surface area contributed by atoms with Gasteiger partial charge in [0, 0.05) is 49.8 Å². The molecule has 0 aliphatic carbocycles. The standard InChI is InChI=1S/C64H46N4O.Pt/c1-64(2,49-27-13-6-14-28-49)42-48-39-62(65-43-57(48)47-25-11-5-12-26-47)68-58-34-16-15-31-55(58)56-38-37-52(41-61(56)68)69-51-30-19-29-50(40-51)66-44-67(60-36-18-17-35-59(60)66)63-53(45-21-7-3-8-22-45)32-20-33-54(63)46-23-9-4-10-24-46;/h3-39,43H,42H2,1-2H3;/q-2;/i3D,4D,7D,8D,9D,10D,21D,22D,23D,24D;. The van der Waals surface area contributed by atoms with E-state index in [9.17, 15) is 0 Å². The Kier molecular flexibility index (Phi) is 9.17. The van der Waals surface area contributed by atoms with E-state index in [0.29, 0.717) is 28.2 Å². The molecule has 340 valence electrons. The molecule has 0 bridgehead atoms. The summed E-state index contributed by atoms with van der Waals surface area (Å²) in [6.45, 7) is 4.54. The molecule has 0 fully saturated rings. The Morgan fingerprint density at radius 3 is 1.94 bits per heavy atom. The topological polar surface area (TPSA) is 35.9 Å². The van der Waals surface area contributed by atoms with Crippen molar-refractivity contribution in [3.63, 3.8) is 0 Å². The van der Waals surface area contributed by atoms with Crippen LogP contribution in [0.1, 0.15) is 38.7 Å². The molecule has 9 aromatic carbocycles. The molecule has 0 atom stereocenters. The normalized spacial score (nSPS) is 13.5. The minimum atomic E-state index is -0.575. The number of nitrogens with zero attached hydrogens (tertiary/aromatic N) is 4. The molecule has 0 unspecified atom stereocenters. The van der Waals surface area contributed by atoms with Crippen LogP contribution >= 0.6 is 0 Å². The van der Waals surface area contributed by atoms with Crippen molar-refractivity contribution in [3.8, 4) is 62.1 Å². The van der Waals surface area contributed by atoms with Crippen molar-refractivity contribution in [2.45, 2.75) is 25.7 Å². The number of hydrogen-bond donors (Lipinski definition) is 0. The van der Waals surface area contributed by atoms with Gasteiger partial charge >= 0.3 is 0 Å². The van der Waals surface area contributed by atoms with Crippen LogP contribution in [-0.2, 0) is 32.9 Å². The van der Waals surface area contributed by atoms with E-state index < -0.39 is 60.4 Å². The zero-order valence-corrected chi connectivity index (χ0v) is 40.2. The van der Waals surface area contributed by atoms with E-state index in [4.69, 9.17) is 23.4 Å².